The summed E-state index contributed by atoms with van der Waals surface area (Å²) in [6, 6.07) is 27.2. The molecule has 0 saturated carbocycles. The number of nitrogen functional groups attached to an aromatic ring is 1. The minimum Gasteiger partial charge on any atom is -0.396 e. The van der Waals surface area contributed by atoms with Crippen LogP contribution in [0.15, 0.2) is 126 Å². The molecule has 10 rings (SSSR count). The van der Waals surface area contributed by atoms with Gasteiger partial charge in [0.05, 0.1) is 70.6 Å². The number of rotatable bonds is 18. The Morgan fingerprint density at radius 1 is 0.640 bits per heavy atom. The first-order valence-corrected chi connectivity index (χ1v) is 34.1. The van der Waals surface area contributed by atoms with Gasteiger partial charge in [0.25, 0.3) is 0 Å². The number of ketones is 4. The predicted octanol–water partition coefficient (Wildman–Crippen LogP) is 10.2. The Bertz CT molecular complexity index is 4270. The van der Waals surface area contributed by atoms with Crippen LogP contribution >= 0.6 is 31.8 Å². The summed E-state index contributed by atoms with van der Waals surface area (Å²) < 4.78 is 34.6. The average Bonchev–Trinajstić information content (AvgIpc) is 1.72. The maximum absolute atomic E-state index is 11.4. The van der Waals surface area contributed by atoms with Crippen molar-refractivity contribution in [3.05, 3.63) is 196 Å². The summed E-state index contributed by atoms with van der Waals surface area (Å²) in [5, 5.41) is 66.0. The van der Waals surface area contributed by atoms with Crippen molar-refractivity contribution in [2.45, 2.75) is 91.6 Å². The largest absolute Gasteiger partial charge is 0.396 e. The molecule has 4 N–H and O–H groups in total. The first kappa shape index (κ1) is 85.0. The van der Waals surface area contributed by atoms with Gasteiger partial charge in [0.2, 0.25) is 16.0 Å². The first-order valence-electron chi connectivity index (χ1n) is 30.3. The van der Waals surface area contributed by atoms with Crippen LogP contribution in [0.4, 0.5) is 22.7 Å². The first-order chi connectivity index (χ1) is 47.3. The zero-order valence-corrected chi connectivity index (χ0v) is 65.5. The number of nitro groups is 3. The van der Waals surface area contributed by atoms with Crippen LogP contribution in [0.3, 0.4) is 0 Å². The third-order valence-electron chi connectivity index (χ3n) is 13.7. The van der Waals surface area contributed by atoms with Gasteiger partial charge in [0.1, 0.15) is 38.4 Å². The molecule has 100 heavy (non-hydrogen) atoms. The van der Waals surface area contributed by atoms with E-state index in [9.17, 15) is 49.5 Å². The summed E-state index contributed by atoms with van der Waals surface area (Å²) in [7, 11) is 2.20. The number of carbonyl (C=O) groups is 4. The second-order valence-corrected chi connectivity index (χ2v) is 24.1. The third-order valence-corrected chi connectivity index (χ3v) is 14.2. The van der Waals surface area contributed by atoms with Crippen LogP contribution < -0.4 is 5.73 Å². The molecule has 34 heteroatoms. The molecule has 0 bridgehead atoms. The van der Waals surface area contributed by atoms with Crippen molar-refractivity contribution in [2.24, 2.45) is 0 Å². The van der Waals surface area contributed by atoms with Gasteiger partial charge in [-0.25, -0.2) is 18.7 Å². The fourth-order valence-corrected chi connectivity index (χ4v) is 9.12. The summed E-state index contributed by atoms with van der Waals surface area (Å²) in [4.78, 5) is 76.3. The number of hydrogen-bond acceptors (Lipinski definition) is 22. The van der Waals surface area contributed by atoms with Gasteiger partial charge in [-0.2, -0.15) is 20.4 Å². The van der Waals surface area contributed by atoms with Crippen LogP contribution in [0.25, 0.3) is 22.7 Å². The van der Waals surface area contributed by atoms with Crippen LogP contribution in [0, 0.1) is 66.4 Å². The number of benzene rings is 4. The number of terminal acetylenes is 1. The Morgan fingerprint density at radius 3 is 1.32 bits per heavy atom. The van der Waals surface area contributed by atoms with E-state index < -0.39 is 28.4 Å². The SMILES string of the molecule is C#CCO.CC(=O)c1ccc(-n2cc(N)c(CCCOC3CCCCO3)n2)cc1.CC(=O)c1ccc(-n2cc([N+](=O)[O-])c(Br)n2)cc1.CC(=O)c1ccc(-n2cc([N+](=O)[O-])c(C#CCO)n2)cc1.CC(=O)c1ccc(-n2cc([N+](=O)[O-])c(C#CCOC3CCCCO3)n2)cc1.[3H][P+](P)=S.[K].[W]. The number of carbonyl (C=O) groups excluding carboxylic acids is 4. The molecule has 519 valence electrons. The molecule has 0 amide bonds. The quantitative estimate of drug-likeness (QED) is 0.0137. The third kappa shape index (κ3) is 28.6. The molecular formula is C66H70BrKN12O16P2SW+. The van der Waals surface area contributed by atoms with Crippen LogP contribution in [-0.2, 0) is 58.2 Å². The normalized spacial score (nSPS) is 13.4. The molecule has 8 aromatic rings. The molecule has 4 atom stereocenters. The molecule has 2 fully saturated rings. The average molecular weight is 1690 g/mol. The van der Waals surface area contributed by atoms with Gasteiger partial charge in [-0.05, 0) is 204 Å². The van der Waals surface area contributed by atoms with Gasteiger partial charge in [-0.1, -0.05) is 17.8 Å². The van der Waals surface area contributed by atoms with E-state index in [-0.39, 0.29) is 154 Å². The monoisotopic (exact) mass is 1680 g/mol. The van der Waals surface area contributed by atoms with E-state index in [4.69, 9.17) is 36.2 Å². The topological polar surface area (TPSA) is 372 Å². The second-order valence-electron chi connectivity index (χ2n) is 20.6. The van der Waals surface area contributed by atoms with E-state index >= 15 is 0 Å². The summed E-state index contributed by atoms with van der Waals surface area (Å²) in [6.45, 7) is 6.76. The Labute approximate surface area is 651 Å². The maximum atomic E-state index is 11.4. The van der Waals surface area contributed by atoms with Crippen molar-refractivity contribution in [1.29, 1.82) is 1.28 Å². The van der Waals surface area contributed by atoms with Crippen molar-refractivity contribution < 1.29 is 84.2 Å². The van der Waals surface area contributed by atoms with Crippen molar-refractivity contribution in [3.8, 4) is 58.8 Å². The number of Topliss-reactive ketones (excluding diaryl/α,β-unsaturated/α-hetero) is 4. The van der Waals surface area contributed by atoms with Crippen LogP contribution in [0.5, 0.6) is 0 Å². The molecule has 2 aliphatic rings. The number of hydrogen-bond donors (Lipinski definition) is 3. The maximum Gasteiger partial charge on any atom is 0.355 e. The molecule has 2 aliphatic heterocycles. The minimum absolute atomic E-state index is 0. The van der Waals surface area contributed by atoms with Gasteiger partial charge >= 0.3 is 18.3 Å². The summed E-state index contributed by atoms with van der Waals surface area (Å²) in [6.07, 6.45) is 17.7. The van der Waals surface area contributed by atoms with Gasteiger partial charge in [-0.3, -0.25) is 49.5 Å². The molecule has 0 aliphatic carbocycles. The zero-order valence-electron chi connectivity index (χ0n) is 56.0. The van der Waals surface area contributed by atoms with Crippen molar-refractivity contribution in [2.75, 3.05) is 45.4 Å². The van der Waals surface area contributed by atoms with Crippen LogP contribution in [-0.4, -0.2) is 192 Å². The number of aliphatic hydroxyl groups is 2. The molecule has 2 saturated heterocycles. The summed E-state index contributed by atoms with van der Waals surface area (Å²) in [5.41, 5.74) is 12.2. The molecule has 4 unspecified atom stereocenters. The zero-order chi connectivity index (χ0) is 72.6. The molecule has 4 aromatic heterocycles. The Balaban J connectivity index is 0.000000338. The number of aliphatic hydroxyl groups excluding tert-OH is 2. The fraction of sp³-hybridized carbons (Fsp3) is 0.303. The molecule has 6 heterocycles. The second kappa shape index (κ2) is 46.2. The Hall–Kier alpha value is -7.41. The Morgan fingerprint density at radius 2 is 0.990 bits per heavy atom. The number of aromatic nitrogens is 8. The van der Waals surface area contributed by atoms with E-state index in [2.05, 4.69) is 87.2 Å². The van der Waals surface area contributed by atoms with Gasteiger partial charge in [0, 0.05) is 108 Å². The smallest absolute Gasteiger partial charge is 0.355 e. The van der Waals surface area contributed by atoms with Gasteiger partial charge < -0.3 is 34.9 Å². The number of nitrogens with two attached hydrogens (primary N) is 1. The van der Waals surface area contributed by atoms with Crippen molar-refractivity contribution >= 4 is 141 Å². The summed E-state index contributed by atoms with van der Waals surface area (Å²) in [5.74, 6) is 12.1. The molecule has 4 aromatic carbocycles. The van der Waals surface area contributed by atoms with E-state index in [0.717, 1.165) is 62.9 Å². The van der Waals surface area contributed by atoms with E-state index in [1.807, 2.05) is 24.3 Å². The molecule has 1 radical (unpaired) electrons. The van der Waals surface area contributed by atoms with E-state index in [1.54, 1.807) is 96.5 Å². The minimum atomic E-state index is -0.870. The van der Waals surface area contributed by atoms with Gasteiger partial charge in [-0.15, -0.1) is 6.42 Å². The van der Waals surface area contributed by atoms with Crippen LogP contribution in [0.1, 0.15) is 131 Å². The standard InChI is InChI=1S/C19H19N3O5.C19H25N3O3.C14H11N3O4.C11H8BrN3O3.C3H4O.K.H2P2S.W/c1-14(23)15-7-9-16(10-8-15)21-13-18(22(24)25)17(20-21)5-4-12-27-19-6-2-3-11-26-19;1-14(23)15-7-9-16(10-8-15)22-13-17(20)18(21-22)5-4-12-25-19-6-2-3-11-24-19;1-10(19)11-4-6-12(7-5-11)16-9-14(17(20)21)13(15-16)3-2-8-18;1-7(16)8-2-4-9(5-3-8)14-6-10(15(17)18)11(12)13-14;1-2-3-4;;1-2-3;/h7-10,13,19H,2-3,6,11-12H2,1H3;7-10,13,19H,2-6,11-12,20H2,1H3;4-7,9,18H,8H2,1H3;2-6H,1H3;1,4H,3H2;;1H2;/p+1/i/hT. The molecule has 28 nitrogen and oxygen atoms in total. The van der Waals surface area contributed by atoms with E-state index in [0.29, 0.717) is 58.2 Å². The Kier molecular flexibility index (Phi) is 39.3. The summed E-state index contributed by atoms with van der Waals surface area (Å²) >= 11 is 7.34. The van der Waals surface area contributed by atoms with E-state index in [1.165, 1.54) is 59.8 Å². The van der Waals surface area contributed by atoms with Gasteiger partial charge in [0.15, 0.2) is 54.5 Å². The fourth-order valence-electron chi connectivity index (χ4n) is 8.70. The number of nitrogens with zero attached hydrogens (tertiary/aromatic N) is 11. The van der Waals surface area contributed by atoms with Crippen molar-refractivity contribution in [3.63, 3.8) is 0 Å². The number of aryl methyl sites for hydroxylation is 1. The molecule has 0 spiro atoms. The van der Waals surface area contributed by atoms with Crippen LogP contribution in [0.2, 0.25) is 0 Å². The molecular weight excluding hydrogens is 1610 g/mol. The number of ether oxygens (including phenoxy) is 4. The number of anilines is 1. The number of halogens is 1. The predicted molar refractivity (Wildman–Crippen MR) is 382 cm³/mol. The van der Waals surface area contributed by atoms with Crippen molar-refractivity contribution in [1.82, 2.24) is 39.1 Å².